The Hall–Kier alpha value is -2.07. The van der Waals surface area contributed by atoms with Gasteiger partial charge in [0.1, 0.15) is 16.5 Å². The quantitative estimate of drug-likeness (QED) is 0.755. The number of halogens is 2. The van der Waals surface area contributed by atoms with Crippen molar-refractivity contribution in [1.29, 1.82) is 0 Å². The smallest absolute Gasteiger partial charge is 0.307 e. The molecule has 10 heteroatoms. The maximum Gasteiger partial charge on any atom is 0.307 e. The van der Waals surface area contributed by atoms with Gasteiger partial charge in [0.05, 0.1) is 30.3 Å². The number of ether oxygens (including phenoxy) is 1. The lowest BCUT2D eigenvalue weighted by Gasteiger charge is -2.30. The summed E-state index contributed by atoms with van der Waals surface area (Å²) < 4.78 is 57.8. The molecule has 7 nitrogen and oxygen atoms in total. The second-order valence-electron chi connectivity index (χ2n) is 6.70. The summed E-state index contributed by atoms with van der Waals surface area (Å²) in [5.74, 6) is -6.03. The molecule has 1 amide bonds. The van der Waals surface area contributed by atoms with Gasteiger partial charge in [-0.2, -0.15) is 0 Å². The number of morpholine rings is 1. The maximum atomic E-state index is 14.0. The van der Waals surface area contributed by atoms with Crippen LogP contribution in [0.2, 0.25) is 0 Å². The molecule has 0 bridgehead atoms. The third kappa shape index (κ3) is 3.81. The molecule has 1 heterocycles. The van der Waals surface area contributed by atoms with Crippen molar-refractivity contribution in [3.05, 3.63) is 29.8 Å². The van der Waals surface area contributed by atoms with E-state index >= 15 is 0 Å². The molecule has 2 fully saturated rings. The molecular weight excluding hydrogens is 384 g/mol. The van der Waals surface area contributed by atoms with Gasteiger partial charge in [-0.1, -0.05) is 0 Å². The third-order valence-electron chi connectivity index (χ3n) is 5.12. The number of carboxylic acid groups (broad SMARTS) is 1. The highest BCUT2D eigenvalue weighted by atomic mass is 32.2. The van der Waals surface area contributed by atoms with Gasteiger partial charge in [0.25, 0.3) is 0 Å². The molecule has 1 aromatic carbocycles. The van der Waals surface area contributed by atoms with Crippen LogP contribution in [0.1, 0.15) is 12.8 Å². The summed E-state index contributed by atoms with van der Waals surface area (Å²) in [4.78, 5) is 25.1. The maximum absolute atomic E-state index is 14.0. The van der Waals surface area contributed by atoms with Gasteiger partial charge in [0, 0.05) is 19.2 Å². The van der Waals surface area contributed by atoms with Crippen molar-refractivity contribution in [3.63, 3.8) is 0 Å². The van der Waals surface area contributed by atoms with E-state index in [-0.39, 0.29) is 12.8 Å². The number of hydrogen-bond acceptors (Lipinski definition) is 5. The molecular formula is C17H19F2NO6S. The van der Waals surface area contributed by atoms with E-state index in [1.807, 2.05) is 0 Å². The van der Waals surface area contributed by atoms with Gasteiger partial charge in [0.2, 0.25) is 5.91 Å². The van der Waals surface area contributed by atoms with Crippen LogP contribution in [0.5, 0.6) is 0 Å². The summed E-state index contributed by atoms with van der Waals surface area (Å²) >= 11 is 0. The molecule has 0 aromatic heterocycles. The Balaban J connectivity index is 1.87. The predicted molar refractivity (Wildman–Crippen MR) is 88.6 cm³/mol. The van der Waals surface area contributed by atoms with Crippen molar-refractivity contribution in [3.8, 4) is 0 Å². The van der Waals surface area contributed by atoms with Crippen LogP contribution in [-0.4, -0.2) is 61.9 Å². The van der Waals surface area contributed by atoms with Crippen molar-refractivity contribution in [2.75, 3.05) is 26.3 Å². The van der Waals surface area contributed by atoms with E-state index in [0.717, 1.165) is 12.1 Å². The number of benzene rings is 1. The number of carboxylic acids is 1. The SMILES string of the molecule is O=C(O)[C@@H]1C[C@H](S(=O)(=O)c2ccc(F)cc2F)C[C@H]1C(=O)N1CCOCC1. The number of carbonyl (C=O) groups excluding carboxylic acids is 1. The number of hydrogen-bond donors (Lipinski definition) is 1. The zero-order chi connectivity index (χ0) is 19.8. The summed E-state index contributed by atoms with van der Waals surface area (Å²) in [6, 6.07) is 2.12. The van der Waals surface area contributed by atoms with Crippen LogP contribution in [0.4, 0.5) is 8.78 Å². The molecule has 1 N–H and O–H groups in total. The number of rotatable bonds is 4. The molecule has 3 atom stereocenters. The van der Waals surface area contributed by atoms with Gasteiger partial charge in [-0.05, 0) is 25.0 Å². The Bertz CT molecular complexity index is 853. The molecule has 1 aliphatic heterocycles. The van der Waals surface area contributed by atoms with Crippen LogP contribution in [0.15, 0.2) is 23.1 Å². The van der Waals surface area contributed by atoms with Crippen LogP contribution < -0.4 is 0 Å². The Kier molecular flexibility index (Phi) is 5.48. The first-order valence-electron chi connectivity index (χ1n) is 8.50. The first kappa shape index (κ1) is 19.7. The zero-order valence-corrected chi connectivity index (χ0v) is 15.1. The minimum atomic E-state index is -4.25. The number of aliphatic carboxylic acids is 1. The second-order valence-corrected chi connectivity index (χ2v) is 8.90. The fourth-order valence-electron chi connectivity index (χ4n) is 3.69. The van der Waals surface area contributed by atoms with Gasteiger partial charge >= 0.3 is 5.97 Å². The average Bonchev–Trinajstić information content (AvgIpc) is 3.08. The Labute approximate surface area is 154 Å². The van der Waals surface area contributed by atoms with Crippen LogP contribution in [0.3, 0.4) is 0 Å². The summed E-state index contributed by atoms with van der Waals surface area (Å²) in [5.41, 5.74) is 0. The van der Waals surface area contributed by atoms with E-state index in [1.165, 1.54) is 4.90 Å². The van der Waals surface area contributed by atoms with E-state index in [2.05, 4.69) is 0 Å². The summed E-state index contributed by atoms with van der Waals surface area (Å²) in [6.45, 7) is 1.29. The van der Waals surface area contributed by atoms with E-state index < -0.39 is 55.3 Å². The molecule has 0 spiro atoms. The molecule has 3 rings (SSSR count). The zero-order valence-electron chi connectivity index (χ0n) is 14.3. The van der Waals surface area contributed by atoms with E-state index in [4.69, 9.17) is 4.74 Å². The van der Waals surface area contributed by atoms with Crippen molar-refractivity contribution < 1.29 is 36.6 Å². The normalized spacial score (nSPS) is 26.1. The first-order valence-corrected chi connectivity index (χ1v) is 10.0. The average molecular weight is 403 g/mol. The van der Waals surface area contributed by atoms with Crippen molar-refractivity contribution in [2.24, 2.45) is 11.8 Å². The van der Waals surface area contributed by atoms with E-state index in [9.17, 15) is 31.9 Å². The van der Waals surface area contributed by atoms with Gasteiger partial charge in [-0.25, -0.2) is 17.2 Å². The largest absolute Gasteiger partial charge is 0.481 e. The molecule has 2 aliphatic rings. The van der Waals surface area contributed by atoms with Crippen molar-refractivity contribution >= 4 is 21.7 Å². The van der Waals surface area contributed by atoms with Crippen LogP contribution in [0.25, 0.3) is 0 Å². The lowest BCUT2D eigenvalue weighted by Crippen LogP contribution is -2.45. The Morgan fingerprint density at radius 3 is 2.33 bits per heavy atom. The number of carbonyl (C=O) groups is 2. The Morgan fingerprint density at radius 1 is 1.11 bits per heavy atom. The van der Waals surface area contributed by atoms with Crippen LogP contribution >= 0.6 is 0 Å². The van der Waals surface area contributed by atoms with Gasteiger partial charge in [-0.3, -0.25) is 9.59 Å². The summed E-state index contributed by atoms with van der Waals surface area (Å²) in [5, 5.41) is 8.23. The van der Waals surface area contributed by atoms with Crippen LogP contribution in [0, 0.1) is 23.5 Å². The first-order chi connectivity index (χ1) is 12.7. The summed E-state index contributed by atoms with van der Waals surface area (Å²) in [7, 11) is -4.25. The number of nitrogens with zero attached hydrogens (tertiary/aromatic N) is 1. The predicted octanol–water partition coefficient (Wildman–Crippen LogP) is 1.08. The highest BCUT2D eigenvalue weighted by Crippen LogP contribution is 2.40. The minimum absolute atomic E-state index is 0.216. The standard InChI is InChI=1S/C17H19F2NO6S/c18-10-1-2-15(14(19)7-10)27(24,25)11-8-12(13(9-11)17(22)23)16(21)20-3-5-26-6-4-20/h1-2,7,11-13H,3-6,8-9H2,(H,22,23)/t11-,12-,13-/m1/s1. The highest BCUT2D eigenvalue weighted by molar-refractivity contribution is 7.92. The van der Waals surface area contributed by atoms with Gasteiger partial charge in [0.15, 0.2) is 9.84 Å². The molecule has 1 saturated heterocycles. The van der Waals surface area contributed by atoms with E-state index in [0.29, 0.717) is 32.4 Å². The molecule has 1 aromatic rings. The van der Waals surface area contributed by atoms with E-state index in [1.54, 1.807) is 0 Å². The lowest BCUT2D eigenvalue weighted by atomic mass is 9.94. The molecule has 1 aliphatic carbocycles. The topological polar surface area (TPSA) is 101 Å². The molecule has 0 unspecified atom stereocenters. The monoisotopic (exact) mass is 403 g/mol. The Morgan fingerprint density at radius 2 is 1.74 bits per heavy atom. The fourth-order valence-corrected chi connectivity index (χ4v) is 5.56. The van der Waals surface area contributed by atoms with Crippen molar-refractivity contribution in [1.82, 2.24) is 4.90 Å². The molecule has 1 saturated carbocycles. The number of amides is 1. The minimum Gasteiger partial charge on any atom is -0.481 e. The molecule has 0 radical (unpaired) electrons. The van der Waals surface area contributed by atoms with Crippen molar-refractivity contribution in [2.45, 2.75) is 23.0 Å². The lowest BCUT2D eigenvalue weighted by molar-refractivity contribution is -0.150. The summed E-state index contributed by atoms with van der Waals surface area (Å²) in [6.07, 6.45) is -0.512. The third-order valence-corrected chi connectivity index (χ3v) is 7.32. The molecule has 27 heavy (non-hydrogen) atoms. The number of sulfone groups is 1. The van der Waals surface area contributed by atoms with Gasteiger partial charge < -0.3 is 14.7 Å². The second kappa shape index (κ2) is 7.51. The van der Waals surface area contributed by atoms with Gasteiger partial charge in [-0.15, -0.1) is 0 Å². The molecule has 148 valence electrons. The highest BCUT2D eigenvalue weighted by Gasteiger charge is 2.49. The fraction of sp³-hybridized carbons (Fsp3) is 0.529. The van der Waals surface area contributed by atoms with Crippen LogP contribution in [-0.2, 0) is 24.2 Å².